The van der Waals surface area contributed by atoms with Crippen LogP contribution >= 0.6 is 0 Å². The van der Waals surface area contributed by atoms with Crippen LogP contribution in [-0.4, -0.2) is 115 Å². The lowest BCUT2D eigenvalue weighted by Crippen LogP contribution is -2.54. The first-order valence-electron chi connectivity index (χ1n) is 20.1. The lowest BCUT2D eigenvalue weighted by Gasteiger charge is -2.31. The minimum atomic E-state index is -0.958. The van der Waals surface area contributed by atoms with E-state index in [1.54, 1.807) is 35.9 Å². The van der Waals surface area contributed by atoms with Gasteiger partial charge in [-0.2, -0.15) is 0 Å². The fraction of sp³-hybridized carbons (Fsp3) is 0.409. The lowest BCUT2D eigenvalue weighted by molar-refractivity contribution is -0.138. The average Bonchev–Trinajstić information content (AvgIpc) is 4.08. The van der Waals surface area contributed by atoms with E-state index < -0.39 is 36.5 Å². The maximum Gasteiger partial charge on any atom is 0.407 e. The fourth-order valence-electron chi connectivity index (χ4n) is 8.30. The van der Waals surface area contributed by atoms with Gasteiger partial charge in [-0.05, 0) is 85.7 Å². The standard InChI is InChI=1S/C44H51N7O9/c1-24(57-3)38(48-43(55)59-5)41(53)50-17-7-9-35(50)33-22-37(52)31-21-29(15-16-32(31)46-33)27-11-12-28-20-30(14-13-26(28)19-27)34-23-45-40(47-34)36-10-8-18-51(36)42(54)39(25(2)58-4)49-44(56)60-6/h11-16,19-25,35-36,38-39H,7-10,17-18H2,1-6H3,(H,45,47)(H,46,52)(H,48,55)(H,49,56)/t24-,25-,35?,36+,38-,39+/m0/s1. The van der Waals surface area contributed by atoms with Crippen molar-refractivity contribution >= 4 is 45.7 Å². The first kappa shape index (κ1) is 41.9. The van der Waals surface area contributed by atoms with Crippen LogP contribution in [0.2, 0.25) is 0 Å². The number of amides is 4. The van der Waals surface area contributed by atoms with Crippen LogP contribution in [0.3, 0.4) is 0 Å². The van der Waals surface area contributed by atoms with Gasteiger partial charge in [0.1, 0.15) is 17.9 Å². The zero-order valence-electron chi connectivity index (χ0n) is 34.6. The molecule has 0 spiro atoms. The Kier molecular flexibility index (Phi) is 12.5. The summed E-state index contributed by atoms with van der Waals surface area (Å²) in [5.74, 6) is 0.0914. The Balaban J connectivity index is 1.08. The molecule has 2 aromatic heterocycles. The molecule has 60 heavy (non-hydrogen) atoms. The van der Waals surface area contributed by atoms with Gasteiger partial charge >= 0.3 is 12.2 Å². The molecule has 0 bridgehead atoms. The van der Waals surface area contributed by atoms with Gasteiger partial charge in [-0.1, -0.05) is 30.3 Å². The molecule has 3 aromatic carbocycles. The van der Waals surface area contributed by atoms with Crippen LogP contribution in [0, 0.1) is 0 Å². The van der Waals surface area contributed by atoms with Crippen molar-refractivity contribution in [3.8, 4) is 22.4 Å². The van der Waals surface area contributed by atoms with Crippen LogP contribution in [0.25, 0.3) is 44.1 Å². The van der Waals surface area contributed by atoms with Crippen molar-refractivity contribution in [2.75, 3.05) is 41.5 Å². The number of rotatable bonds is 12. The molecule has 2 fully saturated rings. The lowest BCUT2D eigenvalue weighted by atomic mass is 9.98. The second-order valence-electron chi connectivity index (χ2n) is 15.3. The zero-order chi connectivity index (χ0) is 42.7. The first-order chi connectivity index (χ1) is 28.9. The third-order valence-electron chi connectivity index (χ3n) is 11.8. The smallest absolute Gasteiger partial charge is 0.407 e. The number of hydrogen-bond donors (Lipinski definition) is 4. The highest BCUT2D eigenvalue weighted by molar-refractivity contribution is 5.93. The molecule has 2 aliphatic rings. The minimum absolute atomic E-state index is 0.161. The van der Waals surface area contributed by atoms with Crippen LogP contribution in [0.15, 0.2) is 71.7 Å². The van der Waals surface area contributed by atoms with Crippen molar-refractivity contribution in [3.05, 3.63) is 88.6 Å². The topological polar surface area (TPSA) is 197 Å². The number of pyridine rings is 1. The van der Waals surface area contributed by atoms with Gasteiger partial charge in [0, 0.05) is 55.5 Å². The molecule has 0 aliphatic carbocycles. The first-order valence-corrected chi connectivity index (χ1v) is 20.1. The molecule has 4 heterocycles. The quantitative estimate of drug-likeness (QED) is 0.123. The number of aromatic amines is 2. The van der Waals surface area contributed by atoms with Crippen molar-refractivity contribution in [1.29, 1.82) is 0 Å². The summed E-state index contributed by atoms with van der Waals surface area (Å²) < 4.78 is 20.3. The van der Waals surface area contributed by atoms with E-state index in [9.17, 15) is 24.0 Å². The van der Waals surface area contributed by atoms with Gasteiger partial charge in [-0.25, -0.2) is 14.6 Å². The summed E-state index contributed by atoms with van der Waals surface area (Å²) >= 11 is 0. The van der Waals surface area contributed by atoms with Crippen LogP contribution in [0.5, 0.6) is 0 Å². The van der Waals surface area contributed by atoms with E-state index in [1.165, 1.54) is 28.4 Å². The number of likely N-dealkylation sites (tertiary alicyclic amines) is 2. The summed E-state index contributed by atoms with van der Waals surface area (Å²) in [6.07, 6.45) is 2.07. The van der Waals surface area contributed by atoms with E-state index in [4.69, 9.17) is 18.9 Å². The summed E-state index contributed by atoms with van der Waals surface area (Å²) in [7, 11) is 5.45. The number of hydrogen-bond acceptors (Lipinski definition) is 10. The number of carbonyl (C=O) groups excluding carboxylic acids is 4. The molecule has 2 aliphatic heterocycles. The third-order valence-corrected chi connectivity index (χ3v) is 11.8. The van der Waals surface area contributed by atoms with Crippen LogP contribution in [-0.2, 0) is 28.5 Å². The highest BCUT2D eigenvalue weighted by atomic mass is 16.5. The number of H-pyrrole nitrogens is 2. The summed E-state index contributed by atoms with van der Waals surface area (Å²) in [5.41, 5.74) is 4.70. The molecule has 6 atom stereocenters. The molecular weight excluding hydrogens is 771 g/mol. The molecule has 16 nitrogen and oxygen atoms in total. The summed E-state index contributed by atoms with van der Waals surface area (Å²) in [6, 6.07) is 17.1. The Hall–Kier alpha value is -6.26. The summed E-state index contributed by atoms with van der Waals surface area (Å²) in [4.78, 5) is 80.1. The van der Waals surface area contributed by atoms with E-state index >= 15 is 0 Å². The summed E-state index contributed by atoms with van der Waals surface area (Å²) in [6.45, 7) is 4.43. The molecule has 316 valence electrons. The number of imidazole rings is 1. The highest BCUT2D eigenvalue weighted by Crippen LogP contribution is 2.35. The van der Waals surface area contributed by atoms with Crippen molar-refractivity contribution in [2.45, 2.75) is 75.9 Å². The SMILES string of the molecule is COC(=O)N[C@H](C(=O)N1CCCC1c1cc(=O)c2cc(-c3ccc4cc(-c5cnc([C@H]6CCCN6C(=O)[C@H](NC(=O)OC)[C@H](C)OC)[nH]5)ccc4c3)ccc2[nH]1)[C@H](C)OC. The minimum Gasteiger partial charge on any atom is -0.453 e. The molecule has 1 unspecified atom stereocenters. The Labute approximate surface area is 346 Å². The number of ether oxygens (including phenoxy) is 4. The Morgan fingerprint density at radius 1 is 0.700 bits per heavy atom. The summed E-state index contributed by atoms with van der Waals surface area (Å²) in [5, 5.41) is 7.77. The largest absolute Gasteiger partial charge is 0.453 e. The highest BCUT2D eigenvalue weighted by Gasteiger charge is 2.40. The van der Waals surface area contributed by atoms with Gasteiger partial charge in [-0.3, -0.25) is 14.4 Å². The van der Waals surface area contributed by atoms with Gasteiger partial charge in [0.2, 0.25) is 11.8 Å². The van der Waals surface area contributed by atoms with Crippen molar-refractivity contribution in [3.63, 3.8) is 0 Å². The molecule has 4 amide bonds. The fourth-order valence-corrected chi connectivity index (χ4v) is 8.30. The number of nitrogens with zero attached hydrogens (tertiary/aromatic N) is 3. The maximum absolute atomic E-state index is 13.7. The molecule has 0 radical (unpaired) electrons. The van der Waals surface area contributed by atoms with Crippen LogP contribution in [0.1, 0.15) is 63.1 Å². The van der Waals surface area contributed by atoms with Gasteiger partial charge in [0.15, 0.2) is 5.43 Å². The van der Waals surface area contributed by atoms with Gasteiger partial charge in [0.05, 0.1) is 50.4 Å². The number of nitrogens with one attached hydrogen (secondary N) is 4. The van der Waals surface area contributed by atoms with E-state index in [0.29, 0.717) is 41.9 Å². The average molecular weight is 822 g/mol. The molecule has 0 saturated carbocycles. The maximum atomic E-state index is 13.7. The molecule has 16 heteroatoms. The Morgan fingerprint density at radius 3 is 1.83 bits per heavy atom. The van der Waals surface area contributed by atoms with Gasteiger partial charge in [0.25, 0.3) is 0 Å². The monoisotopic (exact) mass is 821 g/mol. The van der Waals surface area contributed by atoms with Crippen molar-refractivity contribution in [2.24, 2.45) is 0 Å². The van der Waals surface area contributed by atoms with E-state index in [0.717, 1.165) is 52.4 Å². The molecule has 5 aromatic rings. The second-order valence-corrected chi connectivity index (χ2v) is 15.3. The van der Waals surface area contributed by atoms with Gasteiger partial charge < -0.3 is 49.3 Å². The Bertz CT molecular complexity index is 2470. The number of benzene rings is 3. The van der Waals surface area contributed by atoms with E-state index in [1.807, 2.05) is 42.5 Å². The van der Waals surface area contributed by atoms with Crippen LogP contribution in [0.4, 0.5) is 9.59 Å². The second kappa shape index (κ2) is 17.9. The number of alkyl carbamates (subject to hydrolysis) is 2. The molecule has 4 N–H and O–H groups in total. The van der Waals surface area contributed by atoms with Gasteiger partial charge in [-0.15, -0.1) is 0 Å². The van der Waals surface area contributed by atoms with Crippen molar-refractivity contribution < 1.29 is 38.1 Å². The van der Waals surface area contributed by atoms with Crippen LogP contribution < -0.4 is 16.1 Å². The predicted octanol–water partition coefficient (Wildman–Crippen LogP) is 5.58. The number of methoxy groups -OCH3 is 4. The normalized spacial score (nSPS) is 18.6. The number of carbonyl (C=O) groups is 4. The molecular formula is C44H51N7O9. The Morgan fingerprint density at radius 2 is 1.23 bits per heavy atom. The predicted molar refractivity (Wildman–Crippen MR) is 224 cm³/mol. The third kappa shape index (κ3) is 8.43. The number of fused-ring (bicyclic) bond motifs is 2. The van der Waals surface area contributed by atoms with E-state index in [-0.39, 0.29) is 29.3 Å². The zero-order valence-corrected chi connectivity index (χ0v) is 34.6. The molecule has 7 rings (SSSR count). The van der Waals surface area contributed by atoms with Crippen molar-refractivity contribution in [1.82, 2.24) is 35.4 Å². The molecule has 2 saturated heterocycles. The van der Waals surface area contributed by atoms with E-state index in [2.05, 4.69) is 37.7 Å². The number of aromatic nitrogens is 3.